The van der Waals surface area contributed by atoms with E-state index >= 15 is 0 Å². The molecule has 0 aliphatic heterocycles. The third-order valence-electron chi connectivity index (χ3n) is 4.65. The normalized spacial score (nSPS) is 11.1. The SMILES string of the molecule is CCCC(=O)OCc1cnc(C)c2oc(=O)c(-c3nc(-c4ccccc4F)no3)cc12. The van der Waals surface area contributed by atoms with Crippen molar-refractivity contribution in [2.75, 3.05) is 0 Å². The van der Waals surface area contributed by atoms with Crippen LogP contribution in [0, 0.1) is 12.7 Å². The van der Waals surface area contributed by atoms with E-state index in [-0.39, 0.29) is 41.0 Å². The van der Waals surface area contributed by atoms with Crippen molar-refractivity contribution in [1.82, 2.24) is 15.1 Å². The Balaban J connectivity index is 1.76. The van der Waals surface area contributed by atoms with Gasteiger partial charge in [-0.05, 0) is 31.5 Å². The molecule has 0 aliphatic rings. The van der Waals surface area contributed by atoms with Gasteiger partial charge in [-0.25, -0.2) is 9.18 Å². The molecule has 0 radical (unpaired) electrons. The van der Waals surface area contributed by atoms with E-state index in [4.69, 9.17) is 13.7 Å². The Morgan fingerprint density at radius 3 is 2.81 bits per heavy atom. The average molecular weight is 423 g/mol. The molecule has 4 rings (SSSR count). The van der Waals surface area contributed by atoms with E-state index in [1.165, 1.54) is 18.2 Å². The molecule has 0 spiro atoms. The Morgan fingerprint density at radius 1 is 1.23 bits per heavy atom. The number of hydrogen-bond acceptors (Lipinski definition) is 8. The van der Waals surface area contributed by atoms with Crippen molar-refractivity contribution < 1.29 is 22.9 Å². The van der Waals surface area contributed by atoms with Gasteiger partial charge in [-0.3, -0.25) is 9.78 Å². The summed E-state index contributed by atoms with van der Waals surface area (Å²) >= 11 is 0. The highest BCUT2D eigenvalue weighted by Crippen LogP contribution is 2.27. The van der Waals surface area contributed by atoms with Crippen molar-refractivity contribution in [3.05, 3.63) is 64.0 Å². The predicted molar refractivity (Wildman–Crippen MR) is 108 cm³/mol. The number of aryl methyl sites for hydroxylation is 1. The van der Waals surface area contributed by atoms with Crippen LogP contribution in [0.4, 0.5) is 4.39 Å². The average Bonchev–Trinajstić information content (AvgIpc) is 3.23. The number of halogens is 1. The summed E-state index contributed by atoms with van der Waals surface area (Å²) in [5.74, 6) is -0.955. The molecule has 0 amide bonds. The molecule has 3 heterocycles. The van der Waals surface area contributed by atoms with Crippen LogP contribution in [0.3, 0.4) is 0 Å². The molecule has 0 atom stereocenters. The highest BCUT2D eigenvalue weighted by atomic mass is 19.1. The first-order valence-electron chi connectivity index (χ1n) is 9.65. The van der Waals surface area contributed by atoms with Crippen molar-refractivity contribution in [2.24, 2.45) is 0 Å². The fourth-order valence-corrected chi connectivity index (χ4v) is 3.07. The van der Waals surface area contributed by atoms with Gasteiger partial charge >= 0.3 is 11.6 Å². The van der Waals surface area contributed by atoms with E-state index in [1.807, 2.05) is 6.92 Å². The number of carbonyl (C=O) groups excluding carboxylic acids is 1. The molecule has 0 saturated heterocycles. The number of pyridine rings is 1. The van der Waals surface area contributed by atoms with Gasteiger partial charge in [-0.15, -0.1) is 0 Å². The van der Waals surface area contributed by atoms with Crippen molar-refractivity contribution >= 4 is 16.9 Å². The van der Waals surface area contributed by atoms with Gasteiger partial charge in [-0.1, -0.05) is 24.2 Å². The number of aromatic nitrogens is 3. The lowest BCUT2D eigenvalue weighted by Crippen LogP contribution is -2.08. The minimum atomic E-state index is -0.707. The van der Waals surface area contributed by atoms with Gasteiger partial charge < -0.3 is 13.7 Å². The highest BCUT2D eigenvalue weighted by Gasteiger charge is 2.20. The quantitative estimate of drug-likeness (QED) is 0.425. The fraction of sp³-hybridized carbons (Fsp3) is 0.227. The summed E-state index contributed by atoms with van der Waals surface area (Å²) in [7, 11) is 0. The van der Waals surface area contributed by atoms with Crippen molar-refractivity contribution in [1.29, 1.82) is 0 Å². The minimum absolute atomic E-state index is 0.00669. The summed E-state index contributed by atoms with van der Waals surface area (Å²) in [5, 5.41) is 4.30. The minimum Gasteiger partial charge on any atom is -0.461 e. The van der Waals surface area contributed by atoms with Crippen LogP contribution in [0.15, 0.2) is 50.3 Å². The number of ether oxygens (including phenoxy) is 1. The molecule has 1 aromatic carbocycles. The third-order valence-corrected chi connectivity index (χ3v) is 4.65. The Morgan fingerprint density at radius 2 is 2.03 bits per heavy atom. The molecule has 0 aliphatic carbocycles. The molecule has 3 aromatic heterocycles. The lowest BCUT2D eigenvalue weighted by atomic mass is 10.1. The largest absolute Gasteiger partial charge is 0.461 e. The Hall–Kier alpha value is -3.88. The molecule has 0 unspecified atom stereocenters. The van der Waals surface area contributed by atoms with Crippen LogP contribution >= 0.6 is 0 Å². The van der Waals surface area contributed by atoms with Gasteiger partial charge in [0.2, 0.25) is 5.82 Å². The third kappa shape index (κ3) is 4.07. The van der Waals surface area contributed by atoms with Crippen LogP contribution in [-0.2, 0) is 16.1 Å². The lowest BCUT2D eigenvalue weighted by Gasteiger charge is -2.09. The van der Waals surface area contributed by atoms with Crippen LogP contribution in [0.2, 0.25) is 0 Å². The fourth-order valence-electron chi connectivity index (χ4n) is 3.07. The highest BCUT2D eigenvalue weighted by molar-refractivity contribution is 5.85. The second kappa shape index (κ2) is 8.47. The van der Waals surface area contributed by atoms with Crippen molar-refractivity contribution in [3.8, 4) is 22.8 Å². The number of esters is 1. The maximum atomic E-state index is 14.0. The van der Waals surface area contributed by atoms with Crippen LogP contribution in [0.1, 0.15) is 31.0 Å². The zero-order valence-electron chi connectivity index (χ0n) is 16.8. The predicted octanol–water partition coefficient (Wildman–Crippen LogP) is 4.20. The summed E-state index contributed by atoms with van der Waals surface area (Å²) in [4.78, 5) is 32.7. The zero-order valence-corrected chi connectivity index (χ0v) is 16.8. The first-order valence-corrected chi connectivity index (χ1v) is 9.65. The van der Waals surface area contributed by atoms with Crippen molar-refractivity contribution in [3.63, 3.8) is 0 Å². The van der Waals surface area contributed by atoms with Crippen LogP contribution in [0.5, 0.6) is 0 Å². The molecule has 158 valence electrons. The van der Waals surface area contributed by atoms with E-state index in [1.54, 1.807) is 25.3 Å². The number of carbonyl (C=O) groups is 1. The number of rotatable bonds is 6. The van der Waals surface area contributed by atoms with E-state index in [2.05, 4.69) is 15.1 Å². The number of nitrogens with zero attached hydrogens (tertiary/aromatic N) is 3. The zero-order chi connectivity index (χ0) is 22.0. The van der Waals surface area contributed by atoms with Crippen LogP contribution in [0.25, 0.3) is 33.8 Å². The van der Waals surface area contributed by atoms with Crippen LogP contribution in [-0.4, -0.2) is 21.1 Å². The second-order valence-corrected chi connectivity index (χ2v) is 6.87. The molecular formula is C22H18FN3O5. The van der Waals surface area contributed by atoms with E-state index in [0.717, 1.165) is 0 Å². The molecule has 0 saturated carbocycles. The van der Waals surface area contributed by atoms with Gasteiger partial charge in [0.15, 0.2) is 5.58 Å². The lowest BCUT2D eigenvalue weighted by molar-refractivity contribution is -0.144. The Kier molecular flexibility index (Phi) is 5.57. The first kappa shape index (κ1) is 20.4. The molecule has 4 aromatic rings. The summed E-state index contributed by atoms with van der Waals surface area (Å²) in [6.45, 7) is 3.55. The number of hydrogen-bond donors (Lipinski definition) is 0. The Labute approximate surface area is 175 Å². The summed E-state index contributed by atoms with van der Waals surface area (Å²) in [6.07, 6.45) is 2.53. The second-order valence-electron chi connectivity index (χ2n) is 6.87. The van der Waals surface area contributed by atoms with Crippen molar-refractivity contribution in [2.45, 2.75) is 33.3 Å². The topological polar surface area (TPSA) is 108 Å². The molecule has 0 bridgehead atoms. The van der Waals surface area contributed by atoms with Crippen LogP contribution < -0.4 is 5.63 Å². The summed E-state index contributed by atoms with van der Waals surface area (Å²) in [5.41, 5.74) is 0.775. The molecule has 31 heavy (non-hydrogen) atoms. The maximum Gasteiger partial charge on any atom is 0.349 e. The molecule has 9 heteroatoms. The van der Waals surface area contributed by atoms with Gasteiger partial charge in [0.05, 0.1) is 11.3 Å². The van der Waals surface area contributed by atoms with E-state index < -0.39 is 11.4 Å². The molecule has 0 N–H and O–H groups in total. The maximum absolute atomic E-state index is 14.0. The number of fused-ring (bicyclic) bond motifs is 1. The first-order chi connectivity index (χ1) is 15.0. The van der Waals surface area contributed by atoms with Gasteiger partial charge in [-0.2, -0.15) is 4.98 Å². The van der Waals surface area contributed by atoms with E-state index in [9.17, 15) is 14.0 Å². The van der Waals surface area contributed by atoms with Gasteiger partial charge in [0.25, 0.3) is 5.89 Å². The van der Waals surface area contributed by atoms with E-state index in [0.29, 0.717) is 29.5 Å². The summed E-state index contributed by atoms with van der Waals surface area (Å²) < 4.78 is 30.0. The standard InChI is InChI=1S/C22H18FN3O5/c1-3-6-18(27)29-11-13-10-24-12(2)19-15(13)9-16(22(28)30-19)21-25-20(26-31-21)14-7-4-5-8-17(14)23/h4-5,7-10H,3,6,11H2,1-2H3. The monoisotopic (exact) mass is 423 g/mol. The number of benzene rings is 1. The molecular weight excluding hydrogens is 405 g/mol. The Bertz CT molecular complexity index is 1330. The van der Waals surface area contributed by atoms with Gasteiger partial charge in [0.1, 0.15) is 18.0 Å². The summed E-state index contributed by atoms with van der Waals surface area (Å²) in [6, 6.07) is 7.49. The smallest absolute Gasteiger partial charge is 0.349 e. The molecule has 8 nitrogen and oxygen atoms in total. The van der Waals surface area contributed by atoms with Gasteiger partial charge in [0, 0.05) is 23.6 Å². The molecule has 0 fully saturated rings.